The van der Waals surface area contributed by atoms with Gasteiger partial charge in [0, 0.05) is 12.2 Å². The summed E-state index contributed by atoms with van der Waals surface area (Å²) in [6.07, 6.45) is 4.80. The number of nitrogens with zero attached hydrogens (tertiary/aromatic N) is 1. The molecule has 1 N–H and O–H groups in total. The molecule has 1 aliphatic rings. The zero-order valence-electron chi connectivity index (χ0n) is 7.79. The molecule has 13 heavy (non-hydrogen) atoms. The molecule has 0 amide bonds. The fourth-order valence-electron chi connectivity index (χ4n) is 1.29. The lowest BCUT2D eigenvalue weighted by Gasteiger charge is -2.27. The van der Waals surface area contributed by atoms with E-state index in [0.29, 0.717) is 6.04 Å². The van der Waals surface area contributed by atoms with Gasteiger partial charge in [-0.1, -0.05) is 0 Å². The van der Waals surface area contributed by atoms with E-state index in [-0.39, 0.29) is 0 Å². The first-order chi connectivity index (χ1) is 6.34. The topological polar surface area (TPSA) is 34.1 Å². The van der Waals surface area contributed by atoms with Gasteiger partial charge in [0.25, 0.3) is 0 Å². The average molecular weight is 178 g/mol. The Morgan fingerprint density at radius 3 is 3.08 bits per heavy atom. The van der Waals surface area contributed by atoms with Crippen LogP contribution in [-0.2, 0) is 0 Å². The first-order valence-corrected chi connectivity index (χ1v) is 4.62. The Morgan fingerprint density at radius 1 is 1.62 bits per heavy atom. The minimum absolute atomic E-state index is 0.542. The van der Waals surface area contributed by atoms with E-state index in [9.17, 15) is 0 Å². The molecule has 0 spiro atoms. The Morgan fingerprint density at radius 2 is 2.46 bits per heavy atom. The molecule has 0 bridgehead atoms. The van der Waals surface area contributed by atoms with Crippen LogP contribution in [0.25, 0.3) is 0 Å². The highest BCUT2D eigenvalue weighted by atomic mass is 16.5. The van der Waals surface area contributed by atoms with E-state index in [0.717, 1.165) is 24.5 Å². The maximum atomic E-state index is 5.57. The number of pyridine rings is 1. The summed E-state index contributed by atoms with van der Waals surface area (Å²) in [5.41, 5.74) is 1.14. The van der Waals surface area contributed by atoms with Gasteiger partial charge in [0.1, 0.15) is 12.4 Å². The van der Waals surface area contributed by atoms with Gasteiger partial charge in [-0.15, -0.1) is 0 Å². The van der Waals surface area contributed by atoms with E-state index >= 15 is 0 Å². The highest BCUT2D eigenvalue weighted by Gasteiger charge is 2.16. The zero-order valence-corrected chi connectivity index (χ0v) is 7.79. The van der Waals surface area contributed by atoms with Gasteiger partial charge in [-0.2, -0.15) is 0 Å². The maximum absolute atomic E-state index is 5.57. The maximum Gasteiger partial charge on any atom is 0.137 e. The van der Waals surface area contributed by atoms with E-state index in [1.807, 2.05) is 19.2 Å². The highest BCUT2D eigenvalue weighted by molar-refractivity contribution is 5.22. The van der Waals surface area contributed by atoms with Crippen LogP contribution < -0.4 is 10.1 Å². The molecule has 0 aromatic carbocycles. The molecule has 1 saturated heterocycles. The number of ether oxygens (including phenoxy) is 1. The van der Waals surface area contributed by atoms with Gasteiger partial charge in [0.2, 0.25) is 0 Å². The molecule has 2 rings (SSSR count). The summed E-state index contributed by atoms with van der Waals surface area (Å²) in [6, 6.07) is 2.55. The zero-order chi connectivity index (χ0) is 9.10. The van der Waals surface area contributed by atoms with Crippen LogP contribution in [0.1, 0.15) is 12.0 Å². The molecule has 1 aromatic rings. The summed E-state index contributed by atoms with van der Waals surface area (Å²) in [4.78, 5) is 4.06. The molecule has 2 heterocycles. The summed E-state index contributed by atoms with van der Waals surface area (Å²) in [7, 11) is 0. The SMILES string of the molecule is Cc1cncc(OC[C@H]2CCN2)c1. The van der Waals surface area contributed by atoms with Crippen molar-refractivity contribution in [3.63, 3.8) is 0 Å². The third-order valence-corrected chi connectivity index (χ3v) is 2.23. The van der Waals surface area contributed by atoms with Gasteiger partial charge in [-0.25, -0.2) is 0 Å². The Balaban J connectivity index is 1.86. The Hall–Kier alpha value is -1.09. The Kier molecular flexibility index (Phi) is 2.45. The second kappa shape index (κ2) is 3.75. The van der Waals surface area contributed by atoms with E-state index < -0.39 is 0 Å². The van der Waals surface area contributed by atoms with Crippen LogP contribution in [0.5, 0.6) is 5.75 Å². The number of nitrogens with one attached hydrogen (secondary N) is 1. The summed E-state index contributed by atoms with van der Waals surface area (Å²) in [5, 5.41) is 3.28. The first-order valence-electron chi connectivity index (χ1n) is 4.62. The Labute approximate surface area is 78.1 Å². The lowest BCUT2D eigenvalue weighted by molar-refractivity contribution is 0.217. The lowest BCUT2D eigenvalue weighted by Crippen LogP contribution is -2.46. The fraction of sp³-hybridized carbons (Fsp3) is 0.500. The van der Waals surface area contributed by atoms with Gasteiger partial charge in [-0.05, 0) is 31.5 Å². The minimum Gasteiger partial charge on any atom is -0.490 e. The molecule has 1 atom stereocenters. The van der Waals surface area contributed by atoms with Crippen LogP contribution in [0.15, 0.2) is 18.5 Å². The number of hydrogen-bond donors (Lipinski definition) is 1. The largest absolute Gasteiger partial charge is 0.490 e. The third kappa shape index (κ3) is 2.18. The monoisotopic (exact) mass is 178 g/mol. The van der Waals surface area contributed by atoms with Crippen molar-refractivity contribution in [2.24, 2.45) is 0 Å². The summed E-state index contributed by atoms with van der Waals surface area (Å²) in [5.74, 6) is 0.869. The van der Waals surface area contributed by atoms with Gasteiger partial charge in [-0.3, -0.25) is 4.98 Å². The summed E-state index contributed by atoms with van der Waals surface area (Å²) < 4.78 is 5.57. The standard InChI is InChI=1S/C10H14N2O/c1-8-4-10(6-11-5-8)13-7-9-2-3-12-9/h4-6,9,12H,2-3,7H2,1H3/t9-/m1/s1. The fourth-order valence-corrected chi connectivity index (χ4v) is 1.29. The van der Waals surface area contributed by atoms with E-state index in [1.165, 1.54) is 6.42 Å². The molecule has 1 aromatic heterocycles. The molecule has 0 radical (unpaired) electrons. The molecular weight excluding hydrogens is 164 g/mol. The van der Waals surface area contributed by atoms with Crippen LogP contribution in [0.2, 0.25) is 0 Å². The van der Waals surface area contributed by atoms with Crippen molar-refractivity contribution in [1.29, 1.82) is 0 Å². The van der Waals surface area contributed by atoms with Crippen molar-refractivity contribution in [3.05, 3.63) is 24.0 Å². The average Bonchev–Trinajstić information content (AvgIpc) is 2.01. The minimum atomic E-state index is 0.542. The van der Waals surface area contributed by atoms with E-state index in [4.69, 9.17) is 4.74 Å². The molecule has 0 saturated carbocycles. The van der Waals surface area contributed by atoms with Crippen LogP contribution in [0.3, 0.4) is 0 Å². The quantitative estimate of drug-likeness (QED) is 0.753. The van der Waals surface area contributed by atoms with Crippen molar-refractivity contribution >= 4 is 0 Å². The van der Waals surface area contributed by atoms with Crippen LogP contribution >= 0.6 is 0 Å². The first kappa shape index (κ1) is 8.51. The lowest BCUT2D eigenvalue weighted by atomic mass is 10.1. The molecule has 1 fully saturated rings. The number of hydrogen-bond acceptors (Lipinski definition) is 3. The summed E-state index contributed by atoms with van der Waals surface area (Å²) >= 11 is 0. The van der Waals surface area contributed by atoms with E-state index in [1.54, 1.807) is 6.20 Å². The normalized spacial score (nSPS) is 20.8. The highest BCUT2D eigenvalue weighted by Crippen LogP contribution is 2.12. The molecule has 3 heteroatoms. The van der Waals surface area contributed by atoms with Gasteiger partial charge >= 0.3 is 0 Å². The van der Waals surface area contributed by atoms with E-state index in [2.05, 4.69) is 10.3 Å². The predicted octanol–water partition coefficient (Wildman–Crippen LogP) is 1.13. The third-order valence-electron chi connectivity index (χ3n) is 2.23. The number of aryl methyl sites for hydroxylation is 1. The van der Waals surface area contributed by atoms with Gasteiger partial charge < -0.3 is 10.1 Å². The molecular formula is C10H14N2O. The number of rotatable bonds is 3. The number of aromatic nitrogens is 1. The van der Waals surface area contributed by atoms with Crippen LogP contribution in [0, 0.1) is 6.92 Å². The second-order valence-corrected chi connectivity index (χ2v) is 3.45. The molecule has 3 nitrogen and oxygen atoms in total. The predicted molar refractivity (Wildman–Crippen MR) is 50.9 cm³/mol. The Bertz CT molecular complexity index is 284. The van der Waals surface area contributed by atoms with Crippen molar-refractivity contribution in [2.75, 3.05) is 13.2 Å². The van der Waals surface area contributed by atoms with Crippen molar-refractivity contribution in [1.82, 2.24) is 10.3 Å². The molecule has 1 aliphatic heterocycles. The molecule has 0 aliphatic carbocycles. The molecule has 70 valence electrons. The van der Waals surface area contributed by atoms with Crippen molar-refractivity contribution in [2.45, 2.75) is 19.4 Å². The smallest absolute Gasteiger partial charge is 0.137 e. The summed E-state index contributed by atoms with van der Waals surface area (Å²) in [6.45, 7) is 3.90. The van der Waals surface area contributed by atoms with Crippen molar-refractivity contribution in [3.8, 4) is 5.75 Å². The van der Waals surface area contributed by atoms with Gasteiger partial charge in [0.15, 0.2) is 0 Å². The van der Waals surface area contributed by atoms with Crippen molar-refractivity contribution < 1.29 is 4.74 Å². The molecule has 0 unspecified atom stereocenters. The van der Waals surface area contributed by atoms with Crippen LogP contribution in [0.4, 0.5) is 0 Å². The van der Waals surface area contributed by atoms with Gasteiger partial charge in [0.05, 0.1) is 6.20 Å². The van der Waals surface area contributed by atoms with Crippen LogP contribution in [-0.4, -0.2) is 24.2 Å². The second-order valence-electron chi connectivity index (χ2n) is 3.45.